The molecule has 1 aromatic rings. The zero-order chi connectivity index (χ0) is 14.2. The lowest BCUT2D eigenvalue weighted by Crippen LogP contribution is -2.34. The van der Waals surface area contributed by atoms with Crippen LogP contribution in [-0.4, -0.2) is 21.9 Å². The van der Waals surface area contributed by atoms with Crippen LogP contribution >= 0.6 is 11.6 Å². The van der Waals surface area contributed by atoms with E-state index in [2.05, 4.69) is 5.32 Å². The second-order valence-electron chi connectivity index (χ2n) is 4.43. The van der Waals surface area contributed by atoms with E-state index >= 15 is 0 Å². The van der Waals surface area contributed by atoms with Crippen LogP contribution in [0.1, 0.15) is 18.9 Å². The molecule has 3 N–H and O–H groups in total. The van der Waals surface area contributed by atoms with E-state index in [1.54, 1.807) is 12.1 Å². The summed E-state index contributed by atoms with van der Waals surface area (Å²) in [5.74, 6) is -1.39. The molecule has 1 heterocycles. The van der Waals surface area contributed by atoms with Crippen molar-refractivity contribution in [3.63, 3.8) is 0 Å². The Bertz CT molecular complexity index is 596. The van der Waals surface area contributed by atoms with Gasteiger partial charge in [-0.15, -0.1) is 0 Å². The lowest BCUT2D eigenvalue weighted by Gasteiger charge is -2.20. The van der Waals surface area contributed by atoms with Gasteiger partial charge in [-0.05, 0) is 25.1 Å². The number of benzene rings is 1. The number of ketones is 1. The van der Waals surface area contributed by atoms with Crippen LogP contribution in [0.25, 0.3) is 0 Å². The van der Waals surface area contributed by atoms with Gasteiger partial charge in [-0.1, -0.05) is 11.6 Å². The van der Waals surface area contributed by atoms with Crippen molar-refractivity contribution in [2.45, 2.75) is 18.9 Å². The van der Waals surface area contributed by atoms with E-state index in [-0.39, 0.29) is 23.5 Å². The van der Waals surface area contributed by atoms with Crippen molar-refractivity contribution in [1.82, 2.24) is 0 Å². The van der Waals surface area contributed by atoms with Crippen LogP contribution in [0.2, 0.25) is 5.02 Å². The standard InChI is InChI=1S/C13H12ClNO4/c1-7(16)4-9(17)6-13(19)10-5-8(14)2-3-11(10)15-12(13)18/h2-5,17,19H,6H2,1H3,(H,15,18)/b9-4+. The van der Waals surface area contributed by atoms with Crippen molar-refractivity contribution >= 4 is 29.0 Å². The van der Waals surface area contributed by atoms with Gasteiger partial charge in [0.15, 0.2) is 11.4 Å². The number of hydrogen-bond donors (Lipinski definition) is 3. The number of halogens is 1. The van der Waals surface area contributed by atoms with Crippen LogP contribution in [0.15, 0.2) is 30.0 Å². The molecule has 1 aliphatic rings. The quantitative estimate of drug-likeness (QED) is 0.583. The highest BCUT2D eigenvalue weighted by Gasteiger charge is 2.46. The monoisotopic (exact) mass is 281 g/mol. The summed E-state index contributed by atoms with van der Waals surface area (Å²) >= 11 is 5.84. The van der Waals surface area contributed by atoms with E-state index in [4.69, 9.17) is 11.6 Å². The molecule has 1 aromatic carbocycles. The first kappa shape index (κ1) is 13.6. The third-order valence-corrected chi connectivity index (χ3v) is 3.09. The van der Waals surface area contributed by atoms with Crippen LogP contribution in [-0.2, 0) is 15.2 Å². The van der Waals surface area contributed by atoms with Crippen LogP contribution in [0.3, 0.4) is 0 Å². The summed E-state index contributed by atoms with van der Waals surface area (Å²) in [5, 5.41) is 22.9. The van der Waals surface area contributed by atoms with Crippen LogP contribution in [0.4, 0.5) is 5.69 Å². The number of rotatable bonds is 3. The van der Waals surface area contributed by atoms with Crippen molar-refractivity contribution in [2.75, 3.05) is 5.32 Å². The maximum atomic E-state index is 11.9. The number of allylic oxidation sites excluding steroid dienone is 1. The minimum absolute atomic E-state index is 0.286. The van der Waals surface area contributed by atoms with E-state index in [9.17, 15) is 19.8 Å². The van der Waals surface area contributed by atoms with Crippen molar-refractivity contribution in [1.29, 1.82) is 0 Å². The molecule has 0 saturated heterocycles. The third kappa shape index (κ3) is 2.47. The number of nitrogens with one attached hydrogen (secondary N) is 1. The Morgan fingerprint density at radius 1 is 1.53 bits per heavy atom. The molecule has 1 aliphatic heterocycles. The van der Waals surface area contributed by atoms with E-state index in [0.29, 0.717) is 10.7 Å². The highest BCUT2D eigenvalue weighted by molar-refractivity contribution is 6.31. The second kappa shape index (κ2) is 4.68. The van der Waals surface area contributed by atoms with E-state index in [1.807, 2.05) is 0 Å². The highest BCUT2D eigenvalue weighted by Crippen LogP contribution is 2.40. The van der Waals surface area contributed by atoms with Gasteiger partial charge >= 0.3 is 0 Å². The Balaban J connectivity index is 2.41. The van der Waals surface area contributed by atoms with Crippen molar-refractivity contribution in [2.24, 2.45) is 0 Å². The number of aliphatic hydroxyl groups excluding tert-OH is 1. The number of anilines is 1. The SMILES string of the molecule is CC(=O)/C=C(/O)CC1(O)C(=O)Nc2ccc(Cl)cc21. The third-order valence-electron chi connectivity index (χ3n) is 2.86. The predicted octanol–water partition coefficient (Wildman–Crippen LogP) is 1.90. The highest BCUT2D eigenvalue weighted by atomic mass is 35.5. The summed E-state index contributed by atoms with van der Waals surface area (Å²) in [6.07, 6.45) is 0.583. The van der Waals surface area contributed by atoms with Crippen LogP contribution < -0.4 is 5.32 Å². The van der Waals surface area contributed by atoms with Gasteiger partial charge < -0.3 is 15.5 Å². The number of carbonyl (C=O) groups excluding carboxylic acids is 2. The van der Waals surface area contributed by atoms with E-state index in [1.165, 1.54) is 13.0 Å². The number of hydrogen-bond acceptors (Lipinski definition) is 4. The van der Waals surface area contributed by atoms with Gasteiger partial charge in [0, 0.05) is 28.8 Å². The molecule has 100 valence electrons. The second-order valence-corrected chi connectivity index (χ2v) is 4.86. The lowest BCUT2D eigenvalue weighted by molar-refractivity contribution is -0.134. The summed E-state index contributed by atoms with van der Waals surface area (Å²) in [4.78, 5) is 22.7. The molecule has 0 aliphatic carbocycles. The van der Waals surface area contributed by atoms with Gasteiger partial charge in [0.05, 0.1) is 5.76 Å². The summed E-state index contributed by atoms with van der Waals surface area (Å²) < 4.78 is 0. The van der Waals surface area contributed by atoms with Crippen molar-refractivity contribution in [3.8, 4) is 0 Å². The molecule has 0 aromatic heterocycles. The van der Waals surface area contributed by atoms with Crippen LogP contribution in [0.5, 0.6) is 0 Å². The number of fused-ring (bicyclic) bond motifs is 1. The summed E-state index contributed by atoms with van der Waals surface area (Å²) in [7, 11) is 0. The molecule has 1 amide bonds. The minimum atomic E-state index is -1.92. The summed E-state index contributed by atoms with van der Waals surface area (Å²) in [6, 6.07) is 4.60. The minimum Gasteiger partial charge on any atom is -0.512 e. The molecule has 1 atom stereocenters. The Kier molecular flexibility index (Phi) is 3.34. The normalized spacial score (nSPS) is 22.1. The Labute approximate surface area is 114 Å². The fourth-order valence-electron chi connectivity index (χ4n) is 2.04. The zero-order valence-corrected chi connectivity index (χ0v) is 10.9. The van der Waals surface area contributed by atoms with Gasteiger partial charge in [0.25, 0.3) is 5.91 Å². The zero-order valence-electron chi connectivity index (χ0n) is 10.1. The fourth-order valence-corrected chi connectivity index (χ4v) is 2.21. The van der Waals surface area contributed by atoms with Gasteiger partial charge in [-0.2, -0.15) is 0 Å². The van der Waals surface area contributed by atoms with E-state index in [0.717, 1.165) is 6.08 Å². The first-order chi connectivity index (χ1) is 8.83. The van der Waals surface area contributed by atoms with Gasteiger partial charge in [0.1, 0.15) is 0 Å². The predicted molar refractivity (Wildman–Crippen MR) is 70.0 cm³/mol. The molecule has 6 heteroatoms. The molecule has 5 nitrogen and oxygen atoms in total. The summed E-state index contributed by atoms with van der Waals surface area (Å²) in [6.45, 7) is 1.26. The fraction of sp³-hybridized carbons (Fsp3) is 0.231. The Hall–Kier alpha value is -1.85. The Morgan fingerprint density at radius 2 is 2.21 bits per heavy atom. The molecule has 0 spiro atoms. The van der Waals surface area contributed by atoms with E-state index < -0.39 is 11.5 Å². The average molecular weight is 282 g/mol. The average Bonchev–Trinajstić information content (AvgIpc) is 2.51. The maximum Gasteiger partial charge on any atom is 0.261 e. The molecular formula is C13H12ClNO4. The maximum absolute atomic E-state index is 11.9. The molecule has 19 heavy (non-hydrogen) atoms. The molecule has 0 fully saturated rings. The summed E-state index contributed by atoms with van der Waals surface area (Å²) in [5.41, 5.74) is -1.20. The van der Waals surface area contributed by atoms with Crippen molar-refractivity contribution < 1.29 is 19.8 Å². The molecule has 0 saturated carbocycles. The van der Waals surface area contributed by atoms with Gasteiger partial charge in [-0.25, -0.2) is 0 Å². The Morgan fingerprint density at radius 3 is 2.84 bits per heavy atom. The molecule has 0 bridgehead atoms. The molecule has 1 unspecified atom stereocenters. The first-order valence-electron chi connectivity index (χ1n) is 5.57. The van der Waals surface area contributed by atoms with Crippen molar-refractivity contribution in [3.05, 3.63) is 40.6 Å². The number of amides is 1. The van der Waals surface area contributed by atoms with Gasteiger partial charge in [-0.3, -0.25) is 9.59 Å². The van der Waals surface area contributed by atoms with Gasteiger partial charge in [0.2, 0.25) is 0 Å². The number of aliphatic hydroxyl groups is 2. The first-order valence-corrected chi connectivity index (χ1v) is 5.94. The molecule has 2 rings (SSSR count). The largest absolute Gasteiger partial charge is 0.512 e. The van der Waals surface area contributed by atoms with Crippen LogP contribution in [0, 0.1) is 0 Å². The lowest BCUT2D eigenvalue weighted by atomic mass is 9.91. The topological polar surface area (TPSA) is 86.6 Å². The molecular weight excluding hydrogens is 270 g/mol. The number of carbonyl (C=O) groups is 2. The smallest absolute Gasteiger partial charge is 0.261 e. The molecule has 0 radical (unpaired) electrons.